The smallest absolute Gasteiger partial charge is 0.335 e. The zero-order chi connectivity index (χ0) is 19.3. The van der Waals surface area contributed by atoms with Crippen molar-refractivity contribution in [1.29, 1.82) is 0 Å². The summed E-state index contributed by atoms with van der Waals surface area (Å²) in [6.07, 6.45) is 2.48. The molecular weight excluding hydrogens is 366 g/mol. The van der Waals surface area contributed by atoms with E-state index in [1.165, 1.54) is 12.5 Å². The molecule has 1 saturated heterocycles. The van der Waals surface area contributed by atoms with Gasteiger partial charge in [0.05, 0.1) is 22.2 Å². The largest absolute Gasteiger partial charge is 0.395 e. The van der Waals surface area contributed by atoms with E-state index in [0.29, 0.717) is 6.61 Å². The quantitative estimate of drug-likeness (QED) is 0.265. The van der Waals surface area contributed by atoms with E-state index in [1.54, 1.807) is 7.11 Å². The van der Waals surface area contributed by atoms with E-state index < -0.39 is 8.56 Å². The van der Waals surface area contributed by atoms with Crippen molar-refractivity contribution in [2.24, 2.45) is 0 Å². The Morgan fingerprint density at radius 2 is 1.92 bits per heavy atom. The molecule has 1 aliphatic heterocycles. The van der Waals surface area contributed by atoms with Crippen molar-refractivity contribution in [1.82, 2.24) is 4.90 Å². The molecule has 2 unspecified atom stereocenters. The Morgan fingerprint density at radius 3 is 2.54 bits per heavy atom. The molecule has 0 radical (unpaired) electrons. The van der Waals surface area contributed by atoms with Crippen LogP contribution in [0.4, 0.5) is 0 Å². The van der Waals surface area contributed by atoms with Gasteiger partial charge in [0.25, 0.3) is 0 Å². The van der Waals surface area contributed by atoms with Crippen molar-refractivity contribution in [2.75, 3.05) is 53.2 Å². The van der Waals surface area contributed by atoms with Gasteiger partial charge in [-0.05, 0) is 59.3 Å². The predicted molar refractivity (Wildman–Crippen MR) is 111 cm³/mol. The molecule has 0 aromatic carbocycles. The molecular formula is C18H41NO5Si2. The molecule has 0 N–H and O–H groups in total. The summed E-state index contributed by atoms with van der Waals surface area (Å²) in [5, 5.41) is 0. The first-order valence-electron chi connectivity index (χ1n) is 10.3. The Kier molecular flexibility index (Phi) is 13.3. The second-order valence-corrected chi connectivity index (χ2v) is 12.2. The van der Waals surface area contributed by atoms with Gasteiger partial charge < -0.3 is 28.0 Å². The zero-order valence-electron chi connectivity index (χ0n) is 17.6. The molecule has 0 amide bonds. The fraction of sp³-hybridized carbons (Fsp3) is 1.00. The summed E-state index contributed by atoms with van der Waals surface area (Å²) < 4.78 is 29.2. The van der Waals surface area contributed by atoms with Crippen molar-refractivity contribution >= 4 is 18.1 Å². The zero-order valence-corrected chi connectivity index (χ0v) is 20.0. The normalized spacial score (nSPS) is 25.8. The standard InChI is InChI=1S/C18H41NO5Si2/c1-6-21-18(22-7-2)25-13-9-11-19-12-10-14-26(5,23-8-3)24-17(15-19)16-20-4/h17-18H,6-16,25H2,1-5H3. The second-order valence-electron chi connectivity index (χ2n) is 7.00. The van der Waals surface area contributed by atoms with E-state index in [0.717, 1.165) is 51.9 Å². The van der Waals surface area contributed by atoms with Gasteiger partial charge in [-0.1, -0.05) is 6.04 Å². The molecule has 2 atom stereocenters. The number of hydrogen-bond donors (Lipinski definition) is 0. The van der Waals surface area contributed by atoms with Crippen LogP contribution in [0.1, 0.15) is 33.6 Å². The highest BCUT2D eigenvalue weighted by molar-refractivity contribution is 6.66. The third kappa shape index (κ3) is 9.94. The summed E-state index contributed by atoms with van der Waals surface area (Å²) in [6, 6.07) is 2.31. The van der Waals surface area contributed by atoms with Gasteiger partial charge in [0.2, 0.25) is 0 Å². The average molecular weight is 408 g/mol. The Hall–Kier alpha value is 0.194. The molecule has 8 heteroatoms. The molecule has 1 rings (SSSR count). The maximum Gasteiger partial charge on any atom is 0.335 e. The molecule has 1 aliphatic rings. The number of methoxy groups -OCH3 is 1. The molecule has 0 spiro atoms. The highest BCUT2D eigenvalue weighted by atomic mass is 28.4. The van der Waals surface area contributed by atoms with Crippen LogP contribution in [0.25, 0.3) is 0 Å². The topological polar surface area (TPSA) is 49.4 Å². The Morgan fingerprint density at radius 1 is 1.19 bits per heavy atom. The predicted octanol–water partition coefficient (Wildman–Crippen LogP) is 2.17. The minimum Gasteiger partial charge on any atom is -0.395 e. The van der Waals surface area contributed by atoms with Crippen LogP contribution in [0, 0.1) is 0 Å². The number of rotatable bonds is 13. The minimum atomic E-state index is -2.05. The average Bonchev–Trinajstić information content (AvgIpc) is 2.57. The molecule has 1 heterocycles. The molecule has 26 heavy (non-hydrogen) atoms. The van der Waals surface area contributed by atoms with E-state index in [9.17, 15) is 0 Å². The van der Waals surface area contributed by atoms with Crippen LogP contribution in [0.15, 0.2) is 0 Å². The van der Waals surface area contributed by atoms with Gasteiger partial charge in [-0.25, -0.2) is 0 Å². The van der Waals surface area contributed by atoms with Gasteiger partial charge in [0.1, 0.15) is 5.91 Å². The minimum absolute atomic E-state index is 0.0832. The van der Waals surface area contributed by atoms with Crippen LogP contribution in [0.3, 0.4) is 0 Å². The molecule has 1 fully saturated rings. The number of ether oxygens (including phenoxy) is 3. The van der Waals surface area contributed by atoms with Crippen LogP contribution in [-0.4, -0.2) is 88.2 Å². The van der Waals surface area contributed by atoms with Crippen LogP contribution in [-0.2, 0) is 23.1 Å². The van der Waals surface area contributed by atoms with Gasteiger partial charge in [-0.2, -0.15) is 0 Å². The monoisotopic (exact) mass is 407 g/mol. The van der Waals surface area contributed by atoms with Crippen molar-refractivity contribution in [3.63, 3.8) is 0 Å². The maximum absolute atomic E-state index is 6.42. The van der Waals surface area contributed by atoms with E-state index in [1.807, 2.05) is 13.8 Å². The summed E-state index contributed by atoms with van der Waals surface area (Å²) in [5.74, 6) is 0.0832. The van der Waals surface area contributed by atoms with Gasteiger partial charge in [0.15, 0.2) is 0 Å². The number of nitrogens with zero attached hydrogens (tertiary/aromatic N) is 1. The third-order valence-corrected chi connectivity index (χ3v) is 9.50. The third-order valence-electron chi connectivity index (χ3n) is 4.65. The van der Waals surface area contributed by atoms with Crippen molar-refractivity contribution < 1.29 is 23.1 Å². The molecule has 0 aromatic heterocycles. The molecule has 6 nitrogen and oxygen atoms in total. The summed E-state index contributed by atoms with van der Waals surface area (Å²) >= 11 is 0. The first kappa shape index (κ1) is 24.2. The van der Waals surface area contributed by atoms with E-state index >= 15 is 0 Å². The highest BCUT2D eigenvalue weighted by Gasteiger charge is 2.36. The van der Waals surface area contributed by atoms with Crippen LogP contribution >= 0.6 is 0 Å². The molecule has 0 saturated carbocycles. The lowest BCUT2D eigenvalue weighted by atomic mass is 10.3. The van der Waals surface area contributed by atoms with E-state index in [2.05, 4.69) is 18.4 Å². The van der Waals surface area contributed by atoms with Gasteiger partial charge in [-0.15, -0.1) is 0 Å². The Bertz CT molecular complexity index is 348. The first-order chi connectivity index (χ1) is 12.6. The van der Waals surface area contributed by atoms with Crippen LogP contribution < -0.4 is 0 Å². The van der Waals surface area contributed by atoms with Crippen molar-refractivity contribution in [3.8, 4) is 0 Å². The van der Waals surface area contributed by atoms with Gasteiger partial charge >= 0.3 is 8.56 Å². The van der Waals surface area contributed by atoms with Gasteiger partial charge in [0, 0.05) is 33.5 Å². The van der Waals surface area contributed by atoms with E-state index in [4.69, 9.17) is 23.1 Å². The second kappa shape index (κ2) is 14.2. The Balaban J connectivity index is 2.42. The maximum atomic E-state index is 6.42. The van der Waals surface area contributed by atoms with Crippen molar-refractivity contribution in [2.45, 2.75) is 64.3 Å². The summed E-state index contributed by atoms with van der Waals surface area (Å²) in [7, 11) is -0.651. The van der Waals surface area contributed by atoms with Crippen LogP contribution in [0.5, 0.6) is 0 Å². The van der Waals surface area contributed by atoms with Crippen LogP contribution in [0.2, 0.25) is 18.6 Å². The fourth-order valence-electron chi connectivity index (χ4n) is 3.57. The van der Waals surface area contributed by atoms with Gasteiger partial charge in [-0.3, -0.25) is 0 Å². The summed E-state index contributed by atoms with van der Waals surface area (Å²) in [5.41, 5.74) is 0. The Labute approximate surface area is 163 Å². The fourth-order valence-corrected chi connectivity index (χ4v) is 7.81. The molecule has 0 aliphatic carbocycles. The number of hydrogen-bond acceptors (Lipinski definition) is 6. The lowest BCUT2D eigenvalue weighted by Gasteiger charge is -2.37. The van der Waals surface area contributed by atoms with Crippen molar-refractivity contribution in [3.05, 3.63) is 0 Å². The summed E-state index contributed by atoms with van der Waals surface area (Å²) in [6.45, 7) is 14.4. The highest BCUT2D eigenvalue weighted by Crippen LogP contribution is 2.22. The summed E-state index contributed by atoms with van der Waals surface area (Å²) in [4.78, 5) is 2.54. The first-order valence-corrected chi connectivity index (χ1v) is 14.7. The lowest BCUT2D eigenvalue weighted by Crippen LogP contribution is -2.50. The lowest BCUT2D eigenvalue weighted by molar-refractivity contribution is -0.0828. The molecule has 0 aromatic rings. The van der Waals surface area contributed by atoms with E-state index in [-0.39, 0.29) is 21.5 Å². The SMILES string of the molecule is CCOC(OCC)[SiH2]CCCN1CCC[Si](C)(OCC)OC(COC)C1. The molecule has 156 valence electrons. The molecule has 0 bridgehead atoms.